The maximum atomic E-state index is 12.9. The molecule has 0 spiro atoms. The average molecular weight is 407 g/mol. The number of methoxy groups -OCH3 is 1. The van der Waals surface area contributed by atoms with Gasteiger partial charge in [-0.3, -0.25) is 4.79 Å². The molecule has 0 aliphatic rings. The molecule has 0 aliphatic heterocycles. The minimum Gasteiger partial charge on any atom is -0.493 e. The molecule has 1 heterocycles. The molecule has 2 aromatic carbocycles. The number of benzene rings is 2. The second-order valence-corrected chi connectivity index (χ2v) is 6.79. The van der Waals surface area contributed by atoms with Gasteiger partial charge in [0.05, 0.1) is 13.7 Å². The first-order valence-electron chi connectivity index (χ1n) is 9.75. The molecule has 6 nitrogen and oxygen atoms in total. The summed E-state index contributed by atoms with van der Waals surface area (Å²) in [6.45, 7) is 5.83. The van der Waals surface area contributed by atoms with Gasteiger partial charge in [0.2, 0.25) is 5.78 Å². The molecule has 1 atom stereocenters. The van der Waals surface area contributed by atoms with E-state index in [9.17, 15) is 9.59 Å². The van der Waals surface area contributed by atoms with Crippen LogP contribution in [0.3, 0.4) is 0 Å². The molecule has 1 aromatic heterocycles. The Morgan fingerprint density at radius 1 is 1.13 bits per heavy atom. The van der Waals surface area contributed by atoms with Gasteiger partial charge in [-0.05, 0) is 50.6 Å². The van der Waals surface area contributed by atoms with E-state index in [4.69, 9.17) is 14.2 Å². The number of aromatic amines is 1. The quantitative estimate of drug-likeness (QED) is 0.332. The fraction of sp³-hybridized carbons (Fsp3) is 0.250. The number of rotatable bonds is 8. The third kappa shape index (κ3) is 4.54. The molecule has 0 saturated heterocycles. The molecular formula is C24H25NO5. The summed E-state index contributed by atoms with van der Waals surface area (Å²) in [6, 6.07) is 12.9. The highest BCUT2D eigenvalue weighted by atomic mass is 16.5. The summed E-state index contributed by atoms with van der Waals surface area (Å²) in [4.78, 5) is 28.3. The van der Waals surface area contributed by atoms with E-state index in [-0.39, 0.29) is 5.78 Å². The van der Waals surface area contributed by atoms with Gasteiger partial charge in [-0.1, -0.05) is 24.3 Å². The molecule has 3 aromatic rings. The van der Waals surface area contributed by atoms with Gasteiger partial charge < -0.3 is 19.2 Å². The van der Waals surface area contributed by atoms with Crippen molar-refractivity contribution in [2.75, 3.05) is 13.7 Å². The molecule has 0 fully saturated rings. The number of ketones is 1. The molecule has 3 rings (SSSR count). The second kappa shape index (κ2) is 9.31. The van der Waals surface area contributed by atoms with Crippen LogP contribution in [-0.4, -0.2) is 36.6 Å². The van der Waals surface area contributed by atoms with Crippen LogP contribution in [0.2, 0.25) is 0 Å². The number of ether oxygens (including phenoxy) is 3. The molecule has 0 bridgehead atoms. The summed E-state index contributed by atoms with van der Waals surface area (Å²) in [5.74, 6) is 0.370. The number of para-hydroxylation sites is 1. The first-order chi connectivity index (χ1) is 14.4. The number of fused-ring (bicyclic) bond motifs is 1. The summed E-state index contributed by atoms with van der Waals surface area (Å²) in [7, 11) is 1.56. The fourth-order valence-corrected chi connectivity index (χ4v) is 3.29. The first kappa shape index (κ1) is 21.2. The van der Waals surface area contributed by atoms with Crippen molar-refractivity contribution in [3.63, 3.8) is 0 Å². The number of carbonyl (C=O) groups excluding carboxylic acids is 2. The van der Waals surface area contributed by atoms with Gasteiger partial charge >= 0.3 is 5.97 Å². The molecule has 0 radical (unpaired) electrons. The molecule has 6 heteroatoms. The molecule has 30 heavy (non-hydrogen) atoms. The van der Waals surface area contributed by atoms with E-state index >= 15 is 0 Å². The predicted octanol–water partition coefficient (Wildman–Crippen LogP) is 4.71. The van der Waals surface area contributed by atoms with Crippen molar-refractivity contribution in [3.05, 3.63) is 65.4 Å². The van der Waals surface area contributed by atoms with Crippen LogP contribution in [0, 0.1) is 6.92 Å². The molecule has 156 valence electrons. The molecule has 0 saturated carbocycles. The number of Topliss-reactive ketones (excluding diaryl/α,β-unsaturated/α-hetero) is 1. The van der Waals surface area contributed by atoms with Crippen LogP contribution in [0.5, 0.6) is 11.5 Å². The van der Waals surface area contributed by atoms with Crippen molar-refractivity contribution in [1.29, 1.82) is 0 Å². The van der Waals surface area contributed by atoms with Gasteiger partial charge in [0.1, 0.15) is 0 Å². The van der Waals surface area contributed by atoms with Crippen molar-refractivity contribution in [2.24, 2.45) is 0 Å². The maximum absolute atomic E-state index is 12.9. The van der Waals surface area contributed by atoms with Crippen LogP contribution in [0.4, 0.5) is 0 Å². The fourth-order valence-electron chi connectivity index (χ4n) is 3.29. The molecule has 1 N–H and O–H groups in total. The van der Waals surface area contributed by atoms with Crippen LogP contribution in [0.15, 0.2) is 48.5 Å². The SMILES string of the molecule is CCOc1ccc(/C=C/C(=O)O[C@@H](C)C(=O)c2c(C)[nH]c3ccccc23)cc1OC. The number of esters is 1. The largest absolute Gasteiger partial charge is 0.493 e. The van der Waals surface area contributed by atoms with E-state index in [1.54, 1.807) is 38.3 Å². The highest BCUT2D eigenvalue weighted by Crippen LogP contribution is 2.28. The summed E-state index contributed by atoms with van der Waals surface area (Å²) >= 11 is 0. The van der Waals surface area contributed by atoms with Gasteiger partial charge in [0.15, 0.2) is 17.6 Å². The first-order valence-corrected chi connectivity index (χ1v) is 9.75. The van der Waals surface area contributed by atoms with Crippen LogP contribution < -0.4 is 9.47 Å². The van der Waals surface area contributed by atoms with Gasteiger partial charge in [-0.2, -0.15) is 0 Å². The van der Waals surface area contributed by atoms with Crippen molar-refractivity contribution < 1.29 is 23.8 Å². The number of nitrogens with one attached hydrogen (secondary N) is 1. The summed E-state index contributed by atoms with van der Waals surface area (Å²) in [5.41, 5.74) is 2.92. The van der Waals surface area contributed by atoms with Gasteiger partial charge in [-0.25, -0.2) is 4.79 Å². The smallest absolute Gasteiger partial charge is 0.331 e. The summed E-state index contributed by atoms with van der Waals surface area (Å²) in [5, 5.41) is 0.819. The summed E-state index contributed by atoms with van der Waals surface area (Å²) in [6.07, 6.45) is 1.99. The molecular weight excluding hydrogens is 382 g/mol. The Kier molecular flexibility index (Phi) is 6.57. The zero-order chi connectivity index (χ0) is 21.7. The van der Waals surface area contributed by atoms with Crippen LogP contribution in [0.1, 0.15) is 35.5 Å². The number of hydrogen-bond acceptors (Lipinski definition) is 5. The average Bonchev–Trinajstić information content (AvgIpc) is 3.08. The van der Waals surface area contributed by atoms with E-state index in [0.29, 0.717) is 23.7 Å². The Morgan fingerprint density at radius 3 is 2.63 bits per heavy atom. The Labute approximate surface area is 175 Å². The number of aromatic nitrogens is 1. The highest BCUT2D eigenvalue weighted by molar-refractivity contribution is 6.11. The maximum Gasteiger partial charge on any atom is 0.331 e. The lowest BCUT2D eigenvalue weighted by Crippen LogP contribution is -2.24. The monoisotopic (exact) mass is 407 g/mol. The third-order valence-electron chi connectivity index (χ3n) is 4.70. The van der Waals surface area contributed by atoms with E-state index in [0.717, 1.165) is 22.2 Å². The molecule has 0 aliphatic carbocycles. The standard InChI is InChI=1S/C24H25NO5/c1-5-29-20-12-10-17(14-21(20)28-4)11-13-22(26)30-16(3)24(27)23-15(2)25-19-9-7-6-8-18(19)23/h6-14,16,25H,5H2,1-4H3/b13-11+/t16-/m0/s1. The normalized spacial score (nSPS) is 12.1. The zero-order valence-corrected chi connectivity index (χ0v) is 17.5. The van der Waals surface area contributed by atoms with Crippen LogP contribution in [-0.2, 0) is 9.53 Å². The van der Waals surface area contributed by atoms with Crippen molar-refractivity contribution in [1.82, 2.24) is 4.98 Å². The van der Waals surface area contributed by atoms with Gasteiger partial charge in [-0.15, -0.1) is 0 Å². The number of carbonyl (C=O) groups is 2. The molecule has 0 unspecified atom stereocenters. The highest BCUT2D eigenvalue weighted by Gasteiger charge is 2.23. The zero-order valence-electron chi connectivity index (χ0n) is 17.5. The van der Waals surface area contributed by atoms with E-state index in [1.807, 2.05) is 38.1 Å². The second-order valence-electron chi connectivity index (χ2n) is 6.79. The lowest BCUT2D eigenvalue weighted by molar-refractivity contribution is -0.140. The van der Waals surface area contributed by atoms with Crippen molar-refractivity contribution >= 4 is 28.7 Å². The minimum absolute atomic E-state index is 0.241. The molecule has 0 amide bonds. The number of aryl methyl sites for hydroxylation is 1. The van der Waals surface area contributed by atoms with Gasteiger partial charge in [0, 0.05) is 28.2 Å². The Balaban J connectivity index is 1.69. The Hall–Kier alpha value is -3.54. The van der Waals surface area contributed by atoms with Crippen molar-refractivity contribution in [2.45, 2.75) is 26.9 Å². The lowest BCUT2D eigenvalue weighted by Gasteiger charge is -2.11. The lowest BCUT2D eigenvalue weighted by atomic mass is 10.0. The topological polar surface area (TPSA) is 77.6 Å². The minimum atomic E-state index is -0.907. The predicted molar refractivity (Wildman–Crippen MR) is 116 cm³/mol. The van der Waals surface area contributed by atoms with Crippen LogP contribution in [0.25, 0.3) is 17.0 Å². The number of H-pyrrole nitrogens is 1. The van der Waals surface area contributed by atoms with Crippen LogP contribution >= 0.6 is 0 Å². The van der Waals surface area contributed by atoms with Gasteiger partial charge in [0.25, 0.3) is 0 Å². The Morgan fingerprint density at radius 2 is 1.90 bits per heavy atom. The van der Waals surface area contributed by atoms with E-state index in [1.165, 1.54) is 6.08 Å². The van der Waals surface area contributed by atoms with E-state index in [2.05, 4.69) is 4.98 Å². The number of hydrogen-bond donors (Lipinski definition) is 1. The van der Waals surface area contributed by atoms with Crippen molar-refractivity contribution in [3.8, 4) is 11.5 Å². The van der Waals surface area contributed by atoms with E-state index < -0.39 is 12.1 Å². The third-order valence-corrected chi connectivity index (χ3v) is 4.70. The summed E-state index contributed by atoms with van der Waals surface area (Å²) < 4.78 is 16.1. The Bertz CT molecular complexity index is 1100.